The summed E-state index contributed by atoms with van der Waals surface area (Å²) in [6, 6.07) is 7.76. The molecule has 1 aromatic carbocycles. The van der Waals surface area contributed by atoms with Crippen molar-refractivity contribution in [2.24, 2.45) is 10.2 Å². The lowest BCUT2D eigenvalue weighted by Gasteiger charge is -2.08. The first-order valence-corrected chi connectivity index (χ1v) is 9.03. The molecule has 0 saturated carbocycles. The van der Waals surface area contributed by atoms with Gasteiger partial charge in [-0.15, -0.1) is 5.10 Å². The summed E-state index contributed by atoms with van der Waals surface area (Å²) in [4.78, 5) is 11.1. The van der Waals surface area contributed by atoms with Crippen molar-refractivity contribution < 1.29 is 9.53 Å². The van der Waals surface area contributed by atoms with Crippen molar-refractivity contribution in [1.29, 1.82) is 0 Å². The van der Waals surface area contributed by atoms with Crippen molar-refractivity contribution in [3.63, 3.8) is 0 Å². The molecule has 2 rings (SSSR count). The van der Waals surface area contributed by atoms with Crippen LogP contribution in [0.5, 0.6) is 5.75 Å². The summed E-state index contributed by atoms with van der Waals surface area (Å²) in [6.45, 7) is 2.93. The number of benzene rings is 1. The number of nitrogens with zero attached hydrogens (tertiary/aromatic N) is 2. The van der Waals surface area contributed by atoms with Crippen LogP contribution in [0.4, 0.5) is 0 Å². The minimum absolute atomic E-state index is 0.0317. The van der Waals surface area contributed by atoms with Gasteiger partial charge in [0.1, 0.15) is 5.75 Å². The predicted octanol–water partition coefficient (Wildman–Crippen LogP) is 3.59. The summed E-state index contributed by atoms with van der Waals surface area (Å²) in [5.41, 5.74) is 0.889. The van der Waals surface area contributed by atoms with Crippen molar-refractivity contribution >= 4 is 29.1 Å². The molecular weight excluding hydrogens is 310 g/mol. The topological polar surface area (TPSA) is 63.1 Å². The predicted molar refractivity (Wildman–Crippen MR) is 96.3 cm³/mol. The first-order chi connectivity index (χ1) is 11.3. The zero-order valence-corrected chi connectivity index (χ0v) is 14.3. The molecule has 1 aromatic rings. The molecule has 0 unspecified atom stereocenters. The maximum Gasteiger partial charge on any atom is 0.236 e. The van der Waals surface area contributed by atoms with E-state index < -0.39 is 0 Å². The lowest BCUT2D eigenvalue weighted by molar-refractivity contribution is -0.116. The summed E-state index contributed by atoms with van der Waals surface area (Å²) in [6.07, 6.45) is 7.74. The Labute approximate surface area is 141 Å². The molecule has 1 aliphatic heterocycles. The SMILES string of the molecule is CCCCCCCOc1ccccc1C=NN=C1NC(=O)CS1. The van der Waals surface area contributed by atoms with Gasteiger partial charge in [0.25, 0.3) is 0 Å². The van der Waals surface area contributed by atoms with Gasteiger partial charge in [-0.2, -0.15) is 5.10 Å². The summed E-state index contributed by atoms with van der Waals surface area (Å²) in [5, 5.41) is 11.2. The van der Waals surface area contributed by atoms with E-state index in [9.17, 15) is 4.79 Å². The quantitative estimate of drug-likeness (QED) is 0.427. The van der Waals surface area contributed by atoms with Gasteiger partial charge in [0.2, 0.25) is 5.91 Å². The minimum atomic E-state index is -0.0317. The Morgan fingerprint density at radius 3 is 2.87 bits per heavy atom. The van der Waals surface area contributed by atoms with E-state index >= 15 is 0 Å². The van der Waals surface area contributed by atoms with Crippen molar-refractivity contribution in [3.05, 3.63) is 29.8 Å². The van der Waals surface area contributed by atoms with Gasteiger partial charge in [-0.05, 0) is 18.6 Å². The molecule has 0 aliphatic carbocycles. The molecule has 0 bridgehead atoms. The normalized spacial score (nSPS) is 16.2. The molecule has 1 N–H and O–H groups in total. The Kier molecular flexibility index (Phi) is 7.66. The van der Waals surface area contributed by atoms with Gasteiger partial charge in [0.15, 0.2) is 5.17 Å². The van der Waals surface area contributed by atoms with Crippen molar-refractivity contribution in [3.8, 4) is 5.75 Å². The van der Waals surface area contributed by atoms with E-state index in [1.54, 1.807) is 6.21 Å². The third kappa shape index (κ3) is 6.44. The van der Waals surface area contributed by atoms with Crippen LogP contribution in [0, 0.1) is 0 Å². The van der Waals surface area contributed by atoms with Crippen molar-refractivity contribution in [2.75, 3.05) is 12.4 Å². The highest BCUT2D eigenvalue weighted by atomic mass is 32.2. The van der Waals surface area contributed by atoms with Crippen LogP contribution in [0.15, 0.2) is 34.5 Å². The molecular formula is C17H23N3O2S. The second kappa shape index (κ2) is 10.0. The highest BCUT2D eigenvalue weighted by Gasteiger charge is 2.15. The molecule has 124 valence electrons. The van der Waals surface area contributed by atoms with Gasteiger partial charge in [0, 0.05) is 5.56 Å². The molecule has 0 aromatic heterocycles. The molecule has 0 radical (unpaired) electrons. The monoisotopic (exact) mass is 333 g/mol. The van der Waals surface area contributed by atoms with Gasteiger partial charge < -0.3 is 10.1 Å². The lowest BCUT2D eigenvalue weighted by Crippen LogP contribution is -2.19. The standard InChI is InChI=1S/C17H23N3O2S/c1-2-3-4-5-8-11-22-15-10-7-6-9-14(15)12-18-20-17-19-16(21)13-23-17/h6-7,9-10,12H,2-5,8,11,13H2,1H3,(H,19,20,21). The van der Waals surface area contributed by atoms with E-state index in [0.717, 1.165) is 24.3 Å². The third-order valence-corrected chi connectivity index (χ3v) is 4.22. The fourth-order valence-electron chi connectivity index (χ4n) is 2.13. The van der Waals surface area contributed by atoms with Gasteiger partial charge in [0.05, 0.1) is 18.6 Å². The van der Waals surface area contributed by atoms with E-state index in [-0.39, 0.29) is 5.91 Å². The van der Waals surface area contributed by atoms with Crippen LogP contribution in [0.2, 0.25) is 0 Å². The third-order valence-electron chi connectivity index (χ3n) is 3.36. The van der Waals surface area contributed by atoms with Crippen LogP contribution in [0.3, 0.4) is 0 Å². The average Bonchev–Trinajstić information content (AvgIpc) is 2.97. The number of rotatable bonds is 9. The average molecular weight is 333 g/mol. The van der Waals surface area contributed by atoms with Crippen LogP contribution in [-0.2, 0) is 4.79 Å². The number of nitrogens with one attached hydrogen (secondary N) is 1. The zero-order chi connectivity index (χ0) is 16.3. The second-order valence-corrected chi connectivity index (χ2v) is 6.25. The first-order valence-electron chi connectivity index (χ1n) is 8.05. The summed E-state index contributed by atoms with van der Waals surface area (Å²) in [5.74, 6) is 1.19. The lowest BCUT2D eigenvalue weighted by atomic mass is 10.2. The Balaban J connectivity index is 1.83. The number of hydrogen-bond donors (Lipinski definition) is 1. The molecule has 0 atom stereocenters. The number of ether oxygens (including phenoxy) is 1. The smallest absolute Gasteiger partial charge is 0.236 e. The number of carbonyl (C=O) groups excluding carboxylic acids is 1. The minimum Gasteiger partial charge on any atom is -0.493 e. The highest BCUT2D eigenvalue weighted by molar-refractivity contribution is 8.15. The highest BCUT2D eigenvalue weighted by Crippen LogP contribution is 2.17. The van der Waals surface area contributed by atoms with Gasteiger partial charge >= 0.3 is 0 Å². The Hall–Kier alpha value is -1.82. The number of unbranched alkanes of at least 4 members (excludes halogenated alkanes) is 4. The number of thioether (sulfide) groups is 1. The molecule has 1 amide bonds. The maximum absolute atomic E-state index is 11.1. The van der Waals surface area contributed by atoms with Gasteiger partial charge in [-0.3, -0.25) is 4.79 Å². The second-order valence-electron chi connectivity index (χ2n) is 5.29. The fourth-order valence-corrected chi connectivity index (χ4v) is 2.76. The fraction of sp³-hybridized carbons (Fsp3) is 0.471. The van der Waals surface area contributed by atoms with E-state index in [1.165, 1.54) is 37.4 Å². The van der Waals surface area contributed by atoms with E-state index in [4.69, 9.17) is 4.74 Å². The molecule has 6 heteroatoms. The molecule has 0 spiro atoms. The zero-order valence-electron chi connectivity index (χ0n) is 13.5. The van der Waals surface area contributed by atoms with Crippen LogP contribution in [0.1, 0.15) is 44.6 Å². The van der Waals surface area contributed by atoms with Gasteiger partial charge in [-0.1, -0.05) is 56.5 Å². The molecule has 23 heavy (non-hydrogen) atoms. The number of hydrogen-bond acceptors (Lipinski definition) is 5. The van der Waals surface area contributed by atoms with Crippen LogP contribution < -0.4 is 10.1 Å². The van der Waals surface area contributed by atoms with Crippen LogP contribution >= 0.6 is 11.8 Å². The number of amidine groups is 1. The van der Waals surface area contributed by atoms with E-state index in [2.05, 4.69) is 22.4 Å². The number of para-hydroxylation sites is 1. The maximum atomic E-state index is 11.1. The molecule has 5 nitrogen and oxygen atoms in total. The summed E-state index contributed by atoms with van der Waals surface area (Å²) >= 11 is 1.36. The van der Waals surface area contributed by atoms with Crippen LogP contribution in [-0.4, -0.2) is 29.6 Å². The number of carbonyl (C=O) groups is 1. The summed E-state index contributed by atoms with van der Waals surface area (Å²) in [7, 11) is 0. The molecule has 1 fully saturated rings. The van der Waals surface area contributed by atoms with Gasteiger partial charge in [-0.25, -0.2) is 0 Å². The Morgan fingerprint density at radius 2 is 2.09 bits per heavy atom. The first kappa shape index (κ1) is 17.5. The Bertz CT molecular complexity index is 573. The van der Waals surface area contributed by atoms with Crippen molar-refractivity contribution in [1.82, 2.24) is 5.32 Å². The number of amides is 1. The Morgan fingerprint density at radius 1 is 1.26 bits per heavy atom. The molecule has 1 saturated heterocycles. The summed E-state index contributed by atoms with van der Waals surface area (Å²) < 4.78 is 5.84. The van der Waals surface area contributed by atoms with Crippen LogP contribution in [0.25, 0.3) is 0 Å². The van der Waals surface area contributed by atoms with E-state index in [1.807, 2.05) is 24.3 Å². The van der Waals surface area contributed by atoms with E-state index in [0.29, 0.717) is 10.9 Å². The van der Waals surface area contributed by atoms with Crippen molar-refractivity contribution in [2.45, 2.75) is 39.0 Å². The molecule has 1 aliphatic rings. The largest absolute Gasteiger partial charge is 0.493 e. The molecule has 1 heterocycles.